The van der Waals surface area contributed by atoms with Crippen molar-refractivity contribution >= 4 is 49.9 Å². The van der Waals surface area contributed by atoms with Gasteiger partial charge in [-0.2, -0.15) is 0 Å². The van der Waals surface area contributed by atoms with Gasteiger partial charge < -0.3 is 5.32 Å². The van der Waals surface area contributed by atoms with Crippen molar-refractivity contribution in [3.63, 3.8) is 0 Å². The van der Waals surface area contributed by atoms with Crippen molar-refractivity contribution in [2.24, 2.45) is 0 Å². The predicted molar refractivity (Wildman–Crippen MR) is 91.4 cm³/mol. The molecular weight excluding hydrogens is 421 g/mol. The van der Waals surface area contributed by atoms with Crippen LogP contribution < -0.4 is 5.32 Å². The van der Waals surface area contributed by atoms with Crippen LogP contribution in [0.1, 0.15) is 28.3 Å². The summed E-state index contributed by atoms with van der Waals surface area (Å²) in [6, 6.07) is 11.2. The molecule has 18 heavy (non-hydrogen) atoms. The Morgan fingerprint density at radius 2 is 2.11 bits per heavy atom. The number of hydrogen-bond acceptors (Lipinski definition) is 2. The van der Waals surface area contributed by atoms with Crippen LogP contribution in [0.3, 0.4) is 0 Å². The first-order chi connectivity index (χ1) is 8.61. The maximum atomic E-state index is 3.67. The smallest absolute Gasteiger partial charge is 0.0682 e. The van der Waals surface area contributed by atoms with Gasteiger partial charge in [0.15, 0.2) is 0 Å². The van der Waals surface area contributed by atoms with Crippen molar-refractivity contribution in [3.8, 4) is 0 Å². The summed E-state index contributed by atoms with van der Waals surface area (Å²) < 4.78 is 2.43. The Hall–Kier alpha value is 0.0900. The number of aryl methyl sites for hydroxylation is 1. The Morgan fingerprint density at radius 3 is 2.72 bits per heavy atom. The highest BCUT2D eigenvalue weighted by Crippen LogP contribution is 2.33. The van der Waals surface area contributed by atoms with E-state index >= 15 is 0 Å². The first-order valence-corrected chi connectivity index (χ1v) is 8.55. The van der Waals surface area contributed by atoms with Gasteiger partial charge in [-0.05, 0) is 72.0 Å². The molecule has 0 radical (unpaired) electrons. The molecule has 0 saturated heterocycles. The van der Waals surface area contributed by atoms with Gasteiger partial charge in [-0.25, -0.2) is 0 Å². The minimum atomic E-state index is 0.276. The first-order valence-electron chi connectivity index (χ1n) is 5.86. The Kier molecular flexibility index (Phi) is 5.24. The van der Waals surface area contributed by atoms with E-state index in [9.17, 15) is 0 Å². The molecule has 1 N–H and O–H groups in total. The number of halogens is 2. The Balaban J connectivity index is 2.44. The first kappa shape index (κ1) is 14.5. The SMILES string of the molecule is CCNC(c1ccc(C)s1)c1cc(I)ccc1Br. The minimum absolute atomic E-state index is 0.276. The molecule has 1 aromatic carbocycles. The number of nitrogens with one attached hydrogen (secondary N) is 1. The third-order valence-corrected chi connectivity index (χ3v) is 5.18. The zero-order valence-electron chi connectivity index (χ0n) is 10.3. The van der Waals surface area contributed by atoms with Crippen LogP contribution in [0.25, 0.3) is 0 Å². The molecular formula is C14H15BrINS. The van der Waals surface area contributed by atoms with Crippen molar-refractivity contribution in [2.75, 3.05) is 6.54 Å². The van der Waals surface area contributed by atoms with E-state index in [2.05, 4.69) is 88.0 Å². The van der Waals surface area contributed by atoms with Crippen LogP contribution in [0.5, 0.6) is 0 Å². The monoisotopic (exact) mass is 435 g/mol. The largest absolute Gasteiger partial charge is 0.306 e. The van der Waals surface area contributed by atoms with Gasteiger partial charge in [0.2, 0.25) is 0 Å². The second kappa shape index (κ2) is 6.50. The standard InChI is InChI=1S/C14H15BrINS/c1-3-17-14(13-7-4-9(2)18-13)11-8-10(16)5-6-12(11)15/h4-8,14,17H,3H2,1-2H3. The normalized spacial score (nSPS) is 12.7. The highest BCUT2D eigenvalue weighted by molar-refractivity contribution is 14.1. The summed E-state index contributed by atoms with van der Waals surface area (Å²) >= 11 is 7.89. The molecule has 2 aromatic rings. The molecule has 0 aliphatic rings. The Morgan fingerprint density at radius 1 is 1.33 bits per heavy atom. The summed E-state index contributed by atoms with van der Waals surface area (Å²) in [5.74, 6) is 0. The number of benzene rings is 1. The van der Waals surface area contributed by atoms with Crippen LogP contribution in [0.4, 0.5) is 0 Å². The zero-order valence-corrected chi connectivity index (χ0v) is 14.9. The molecule has 1 aromatic heterocycles. The average Bonchev–Trinajstić information content (AvgIpc) is 2.76. The maximum Gasteiger partial charge on any atom is 0.0682 e. The average molecular weight is 436 g/mol. The van der Waals surface area contributed by atoms with Crippen LogP contribution in [-0.2, 0) is 0 Å². The summed E-state index contributed by atoms with van der Waals surface area (Å²) in [6.45, 7) is 5.26. The van der Waals surface area contributed by atoms with E-state index in [0.29, 0.717) is 0 Å². The second-order valence-corrected chi connectivity index (χ2v) is 7.52. The topological polar surface area (TPSA) is 12.0 Å². The molecule has 0 spiro atoms. The van der Waals surface area contributed by atoms with Crippen molar-refractivity contribution in [3.05, 3.63) is 53.7 Å². The predicted octanol–water partition coefficient (Wildman–Crippen LogP) is 5.12. The van der Waals surface area contributed by atoms with Crippen LogP contribution in [0, 0.1) is 10.5 Å². The lowest BCUT2D eigenvalue weighted by atomic mass is 10.1. The molecule has 1 atom stereocenters. The molecule has 0 aliphatic heterocycles. The van der Waals surface area contributed by atoms with Crippen molar-refractivity contribution in [2.45, 2.75) is 19.9 Å². The van der Waals surface area contributed by atoms with E-state index in [1.54, 1.807) is 0 Å². The third kappa shape index (κ3) is 3.35. The molecule has 1 nitrogen and oxygen atoms in total. The Labute approximate surface area is 134 Å². The fraction of sp³-hybridized carbons (Fsp3) is 0.286. The fourth-order valence-electron chi connectivity index (χ4n) is 1.91. The summed E-state index contributed by atoms with van der Waals surface area (Å²) in [5.41, 5.74) is 1.31. The van der Waals surface area contributed by atoms with Crippen LogP contribution >= 0.6 is 49.9 Å². The lowest BCUT2D eigenvalue weighted by molar-refractivity contribution is 0.637. The highest BCUT2D eigenvalue weighted by atomic mass is 127. The Bertz CT molecular complexity index is 538. The molecule has 1 unspecified atom stereocenters. The van der Waals surface area contributed by atoms with Gasteiger partial charge in [0, 0.05) is 17.8 Å². The summed E-state index contributed by atoms with van der Waals surface area (Å²) in [4.78, 5) is 2.73. The summed E-state index contributed by atoms with van der Waals surface area (Å²) in [5, 5.41) is 3.57. The van der Waals surface area contributed by atoms with E-state index in [-0.39, 0.29) is 6.04 Å². The molecule has 0 aliphatic carbocycles. The number of rotatable bonds is 4. The molecule has 0 fully saturated rings. The molecule has 4 heteroatoms. The van der Waals surface area contributed by atoms with E-state index in [0.717, 1.165) is 6.54 Å². The second-order valence-electron chi connectivity index (χ2n) is 4.10. The molecule has 0 amide bonds. The molecule has 0 saturated carbocycles. The lowest BCUT2D eigenvalue weighted by Crippen LogP contribution is -2.21. The van der Waals surface area contributed by atoms with Crippen LogP contribution in [-0.4, -0.2) is 6.54 Å². The van der Waals surface area contributed by atoms with Crippen molar-refractivity contribution in [1.29, 1.82) is 0 Å². The van der Waals surface area contributed by atoms with E-state index in [1.807, 2.05) is 11.3 Å². The number of thiophene rings is 1. The fourth-order valence-corrected chi connectivity index (χ4v) is 3.88. The third-order valence-electron chi connectivity index (χ3n) is 2.72. The summed E-state index contributed by atoms with van der Waals surface area (Å²) in [7, 11) is 0. The van der Waals surface area contributed by atoms with E-state index in [4.69, 9.17) is 0 Å². The number of hydrogen-bond donors (Lipinski definition) is 1. The van der Waals surface area contributed by atoms with Gasteiger partial charge in [0.1, 0.15) is 0 Å². The molecule has 96 valence electrons. The van der Waals surface area contributed by atoms with Crippen molar-refractivity contribution < 1.29 is 0 Å². The zero-order chi connectivity index (χ0) is 13.1. The molecule has 0 bridgehead atoms. The summed E-state index contributed by atoms with van der Waals surface area (Å²) in [6.07, 6.45) is 0. The lowest BCUT2D eigenvalue weighted by Gasteiger charge is -2.19. The van der Waals surface area contributed by atoms with Crippen LogP contribution in [0.15, 0.2) is 34.8 Å². The maximum absolute atomic E-state index is 3.67. The quantitative estimate of drug-likeness (QED) is 0.657. The van der Waals surface area contributed by atoms with Gasteiger partial charge in [0.25, 0.3) is 0 Å². The van der Waals surface area contributed by atoms with E-state index < -0.39 is 0 Å². The highest BCUT2D eigenvalue weighted by Gasteiger charge is 2.17. The van der Waals surface area contributed by atoms with Gasteiger partial charge >= 0.3 is 0 Å². The van der Waals surface area contributed by atoms with Crippen molar-refractivity contribution in [1.82, 2.24) is 5.32 Å². The van der Waals surface area contributed by atoms with Gasteiger partial charge in [-0.15, -0.1) is 11.3 Å². The molecule has 2 rings (SSSR count). The molecule has 1 heterocycles. The van der Waals surface area contributed by atoms with Gasteiger partial charge in [-0.1, -0.05) is 22.9 Å². The van der Waals surface area contributed by atoms with Crippen LogP contribution in [0.2, 0.25) is 0 Å². The minimum Gasteiger partial charge on any atom is -0.306 e. The van der Waals surface area contributed by atoms with E-state index in [1.165, 1.54) is 23.4 Å². The van der Waals surface area contributed by atoms with Gasteiger partial charge in [-0.3, -0.25) is 0 Å². The van der Waals surface area contributed by atoms with Gasteiger partial charge in [0.05, 0.1) is 6.04 Å².